The van der Waals surface area contributed by atoms with E-state index in [1.807, 2.05) is 17.0 Å². The molecule has 0 saturated carbocycles. The second kappa shape index (κ2) is 9.38. The maximum atomic E-state index is 12.6. The van der Waals surface area contributed by atoms with Crippen LogP contribution in [0.4, 0.5) is 5.69 Å². The molecule has 4 nitrogen and oxygen atoms in total. The van der Waals surface area contributed by atoms with Crippen LogP contribution in [0.25, 0.3) is 6.08 Å². The number of hydrogen-bond acceptors (Lipinski definition) is 2. The van der Waals surface area contributed by atoms with E-state index in [-0.39, 0.29) is 11.8 Å². The van der Waals surface area contributed by atoms with Crippen molar-refractivity contribution in [2.45, 2.75) is 25.7 Å². The van der Waals surface area contributed by atoms with Crippen molar-refractivity contribution in [1.82, 2.24) is 4.90 Å². The summed E-state index contributed by atoms with van der Waals surface area (Å²) in [6, 6.07) is 14.3. The fourth-order valence-electron chi connectivity index (χ4n) is 3.08. The number of carbonyl (C=O) groups excluding carboxylic acids is 2. The van der Waals surface area contributed by atoms with Crippen molar-refractivity contribution in [2.24, 2.45) is 0 Å². The molecule has 3 rings (SSSR count). The van der Waals surface area contributed by atoms with E-state index in [0.29, 0.717) is 16.3 Å². The Hall–Kier alpha value is -2.59. The van der Waals surface area contributed by atoms with Crippen molar-refractivity contribution < 1.29 is 9.59 Å². The summed E-state index contributed by atoms with van der Waals surface area (Å²) in [5, 5.41) is 3.46. The van der Waals surface area contributed by atoms with Gasteiger partial charge in [-0.15, -0.1) is 0 Å². The zero-order chi connectivity index (χ0) is 19.1. The molecule has 1 fully saturated rings. The third-order valence-electron chi connectivity index (χ3n) is 4.59. The molecule has 140 valence electrons. The maximum absolute atomic E-state index is 12.6. The van der Waals surface area contributed by atoms with Gasteiger partial charge in [-0.3, -0.25) is 9.59 Å². The lowest BCUT2D eigenvalue weighted by molar-refractivity contribution is -0.111. The van der Waals surface area contributed by atoms with Crippen LogP contribution in [0.3, 0.4) is 0 Å². The van der Waals surface area contributed by atoms with Crippen LogP contribution >= 0.6 is 11.6 Å². The molecule has 27 heavy (non-hydrogen) atoms. The Kier molecular flexibility index (Phi) is 6.66. The van der Waals surface area contributed by atoms with Crippen LogP contribution in [0.5, 0.6) is 0 Å². The Morgan fingerprint density at radius 1 is 0.889 bits per heavy atom. The summed E-state index contributed by atoms with van der Waals surface area (Å²) in [4.78, 5) is 26.6. The Balaban J connectivity index is 1.57. The van der Waals surface area contributed by atoms with E-state index >= 15 is 0 Å². The third-order valence-corrected chi connectivity index (χ3v) is 4.84. The Morgan fingerprint density at radius 2 is 1.52 bits per heavy atom. The summed E-state index contributed by atoms with van der Waals surface area (Å²) >= 11 is 5.84. The molecule has 1 aliphatic rings. The first-order valence-corrected chi connectivity index (χ1v) is 9.63. The highest BCUT2D eigenvalue weighted by Crippen LogP contribution is 2.16. The molecule has 0 radical (unpaired) electrons. The molecule has 1 N–H and O–H groups in total. The molecule has 0 bridgehead atoms. The molecule has 1 saturated heterocycles. The van der Waals surface area contributed by atoms with Crippen LogP contribution in [-0.4, -0.2) is 29.8 Å². The van der Waals surface area contributed by atoms with Gasteiger partial charge < -0.3 is 10.2 Å². The number of carbonyl (C=O) groups is 2. The normalized spacial score (nSPS) is 14.8. The van der Waals surface area contributed by atoms with Crippen LogP contribution in [0.1, 0.15) is 41.6 Å². The van der Waals surface area contributed by atoms with Gasteiger partial charge in [0.1, 0.15) is 0 Å². The Morgan fingerprint density at radius 3 is 2.15 bits per heavy atom. The average molecular weight is 383 g/mol. The van der Waals surface area contributed by atoms with E-state index in [1.165, 1.54) is 18.9 Å². The predicted molar refractivity (Wildman–Crippen MR) is 110 cm³/mol. The lowest BCUT2D eigenvalue weighted by Gasteiger charge is -2.20. The molecule has 2 amide bonds. The SMILES string of the molecule is O=C(/C=C/c1ccc(Cl)cc1)Nc1ccc(C(=O)N2CCCCCC2)cc1. The summed E-state index contributed by atoms with van der Waals surface area (Å²) < 4.78 is 0. The third kappa shape index (κ3) is 5.69. The van der Waals surface area contributed by atoms with Gasteiger partial charge in [0, 0.05) is 35.4 Å². The number of likely N-dealkylation sites (tertiary alicyclic amines) is 1. The predicted octanol–water partition coefficient (Wildman–Crippen LogP) is 5.01. The monoisotopic (exact) mass is 382 g/mol. The highest BCUT2D eigenvalue weighted by atomic mass is 35.5. The number of anilines is 1. The lowest BCUT2D eigenvalue weighted by atomic mass is 10.1. The van der Waals surface area contributed by atoms with Gasteiger partial charge in [0.25, 0.3) is 5.91 Å². The van der Waals surface area contributed by atoms with Gasteiger partial charge in [0.15, 0.2) is 0 Å². The van der Waals surface area contributed by atoms with Crippen molar-refractivity contribution in [3.63, 3.8) is 0 Å². The number of rotatable bonds is 4. The fourth-order valence-corrected chi connectivity index (χ4v) is 3.21. The van der Waals surface area contributed by atoms with Gasteiger partial charge in [-0.25, -0.2) is 0 Å². The van der Waals surface area contributed by atoms with Crippen molar-refractivity contribution in [3.8, 4) is 0 Å². The minimum absolute atomic E-state index is 0.0670. The molecule has 0 spiro atoms. The van der Waals surface area contributed by atoms with Gasteiger partial charge in [-0.05, 0) is 60.9 Å². The molecule has 0 aromatic heterocycles. The summed E-state index contributed by atoms with van der Waals surface area (Å²) in [6.07, 6.45) is 7.72. The Labute approximate surface area is 164 Å². The fraction of sp³-hybridized carbons (Fsp3) is 0.273. The largest absolute Gasteiger partial charge is 0.339 e. The molecule has 0 unspecified atom stereocenters. The second-order valence-corrected chi connectivity index (χ2v) is 7.09. The van der Waals surface area contributed by atoms with Gasteiger partial charge in [0.05, 0.1) is 0 Å². The highest BCUT2D eigenvalue weighted by molar-refractivity contribution is 6.30. The molecule has 5 heteroatoms. The van der Waals surface area contributed by atoms with E-state index in [4.69, 9.17) is 11.6 Å². The summed E-state index contributed by atoms with van der Waals surface area (Å²) in [5.41, 5.74) is 2.22. The number of amides is 2. The number of benzene rings is 2. The van der Waals surface area contributed by atoms with Crippen LogP contribution in [-0.2, 0) is 4.79 Å². The molecule has 2 aromatic carbocycles. The first-order valence-electron chi connectivity index (χ1n) is 9.26. The van der Waals surface area contributed by atoms with Crippen LogP contribution in [0.15, 0.2) is 54.6 Å². The van der Waals surface area contributed by atoms with E-state index in [9.17, 15) is 9.59 Å². The summed E-state index contributed by atoms with van der Waals surface area (Å²) in [7, 11) is 0. The van der Waals surface area contributed by atoms with E-state index in [0.717, 1.165) is 31.5 Å². The van der Waals surface area contributed by atoms with Crippen LogP contribution < -0.4 is 5.32 Å². The number of nitrogens with one attached hydrogen (secondary N) is 1. The van der Waals surface area contributed by atoms with Crippen molar-refractivity contribution >= 4 is 35.2 Å². The zero-order valence-electron chi connectivity index (χ0n) is 15.2. The number of nitrogens with zero attached hydrogens (tertiary/aromatic N) is 1. The first kappa shape index (κ1) is 19.2. The zero-order valence-corrected chi connectivity index (χ0v) is 15.9. The average Bonchev–Trinajstić information content (AvgIpc) is 2.97. The molecular formula is C22H23ClN2O2. The minimum atomic E-state index is -0.225. The molecular weight excluding hydrogens is 360 g/mol. The van der Waals surface area contributed by atoms with E-state index in [1.54, 1.807) is 42.5 Å². The van der Waals surface area contributed by atoms with Crippen molar-refractivity contribution in [3.05, 3.63) is 70.8 Å². The molecule has 1 aliphatic heterocycles. The van der Waals surface area contributed by atoms with Gasteiger partial charge in [0.2, 0.25) is 5.91 Å². The quantitative estimate of drug-likeness (QED) is 0.756. The Bertz CT molecular complexity index is 805. The molecule has 1 heterocycles. The molecule has 2 aromatic rings. The first-order chi connectivity index (χ1) is 13.1. The van der Waals surface area contributed by atoms with E-state index in [2.05, 4.69) is 5.32 Å². The maximum Gasteiger partial charge on any atom is 0.253 e. The topological polar surface area (TPSA) is 49.4 Å². The highest BCUT2D eigenvalue weighted by Gasteiger charge is 2.17. The summed E-state index contributed by atoms with van der Waals surface area (Å²) in [6.45, 7) is 1.65. The van der Waals surface area contributed by atoms with Crippen LogP contribution in [0.2, 0.25) is 5.02 Å². The van der Waals surface area contributed by atoms with Gasteiger partial charge >= 0.3 is 0 Å². The second-order valence-electron chi connectivity index (χ2n) is 6.66. The van der Waals surface area contributed by atoms with E-state index < -0.39 is 0 Å². The van der Waals surface area contributed by atoms with Crippen molar-refractivity contribution in [2.75, 3.05) is 18.4 Å². The number of halogens is 1. The molecule has 0 atom stereocenters. The van der Waals surface area contributed by atoms with Gasteiger partial charge in [-0.1, -0.05) is 36.6 Å². The standard InChI is InChI=1S/C22H23ClN2O2/c23-19-10-5-17(6-11-19)7-14-21(26)24-20-12-8-18(9-13-20)22(27)25-15-3-1-2-4-16-25/h5-14H,1-4,15-16H2,(H,24,26)/b14-7+. The lowest BCUT2D eigenvalue weighted by Crippen LogP contribution is -2.31. The summed E-state index contributed by atoms with van der Waals surface area (Å²) in [5.74, 6) is -0.158. The molecule has 0 aliphatic carbocycles. The van der Waals surface area contributed by atoms with Crippen LogP contribution in [0, 0.1) is 0 Å². The smallest absolute Gasteiger partial charge is 0.253 e. The number of hydrogen-bond donors (Lipinski definition) is 1. The van der Waals surface area contributed by atoms with Gasteiger partial charge in [-0.2, -0.15) is 0 Å². The van der Waals surface area contributed by atoms with Crippen molar-refractivity contribution in [1.29, 1.82) is 0 Å². The minimum Gasteiger partial charge on any atom is -0.339 e.